The van der Waals surface area contributed by atoms with Crippen molar-refractivity contribution in [2.24, 2.45) is 0 Å². The predicted molar refractivity (Wildman–Crippen MR) is 76.2 cm³/mol. The zero-order chi connectivity index (χ0) is 12.8. The van der Waals surface area contributed by atoms with Crippen molar-refractivity contribution in [2.45, 2.75) is 25.8 Å². The molecule has 0 aliphatic carbocycles. The number of rotatable bonds is 5. The van der Waals surface area contributed by atoms with Crippen LogP contribution < -0.4 is 10.1 Å². The van der Waals surface area contributed by atoms with Crippen molar-refractivity contribution in [1.29, 1.82) is 0 Å². The Labute approximate surface area is 117 Å². The van der Waals surface area contributed by atoms with Gasteiger partial charge >= 0.3 is 0 Å². The smallest absolute Gasteiger partial charge is 0.123 e. The van der Waals surface area contributed by atoms with E-state index < -0.39 is 0 Å². The number of hydrogen-bond acceptors (Lipinski definition) is 3. The van der Waals surface area contributed by atoms with Gasteiger partial charge in [0.05, 0.1) is 0 Å². The van der Waals surface area contributed by atoms with E-state index in [0.717, 1.165) is 42.8 Å². The van der Waals surface area contributed by atoms with Crippen LogP contribution in [0, 0.1) is 6.92 Å². The lowest BCUT2D eigenvalue weighted by Gasteiger charge is -2.23. The average molecular weight is 314 g/mol. The van der Waals surface area contributed by atoms with Gasteiger partial charge in [-0.15, -0.1) is 0 Å². The lowest BCUT2D eigenvalue weighted by atomic mass is 10.1. The molecule has 100 valence electrons. The van der Waals surface area contributed by atoms with Crippen molar-refractivity contribution in [1.82, 2.24) is 5.32 Å². The maximum absolute atomic E-state index is 5.78. The second-order valence-electron chi connectivity index (χ2n) is 4.60. The summed E-state index contributed by atoms with van der Waals surface area (Å²) in [5, 5.41) is 3.51. The Hall–Kier alpha value is -0.580. The fourth-order valence-electron chi connectivity index (χ4n) is 2.06. The van der Waals surface area contributed by atoms with Gasteiger partial charge < -0.3 is 14.8 Å². The summed E-state index contributed by atoms with van der Waals surface area (Å²) in [5.74, 6) is 0.957. The molecule has 0 amide bonds. The number of hydrogen-bond donors (Lipinski definition) is 1. The zero-order valence-corrected chi connectivity index (χ0v) is 12.3. The molecule has 0 atom stereocenters. The van der Waals surface area contributed by atoms with Crippen LogP contribution in [-0.4, -0.2) is 32.4 Å². The Morgan fingerprint density at radius 1 is 1.39 bits per heavy atom. The van der Waals surface area contributed by atoms with Gasteiger partial charge in [0.1, 0.15) is 12.4 Å². The molecule has 1 saturated heterocycles. The summed E-state index contributed by atoms with van der Waals surface area (Å²) in [6.45, 7) is 5.41. The van der Waals surface area contributed by atoms with E-state index in [0.29, 0.717) is 12.6 Å². The van der Waals surface area contributed by atoms with Crippen LogP contribution in [-0.2, 0) is 4.74 Å². The third-order valence-electron chi connectivity index (χ3n) is 3.16. The lowest BCUT2D eigenvalue weighted by molar-refractivity contribution is 0.0770. The van der Waals surface area contributed by atoms with E-state index in [4.69, 9.17) is 9.47 Å². The van der Waals surface area contributed by atoms with E-state index in [9.17, 15) is 0 Å². The molecule has 0 aromatic heterocycles. The van der Waals surface area contributed by atoms with E-state index in [1.165, 1.54) is 5.56 Å². The summed E-state index contributed by atoms with van der Waals surface area (Å²) in [6, 6.07) is 6.70. The van der Waals surface area contributed by atoms with Crippen LogP contribution in [0.2, 0.25) is 0 Å². The van der Waals surface area contributed by atoms with Crippen molar-refractivity contribution in [3.8, 4) is 5.75 Å². The van der Waals surface area contributed by atoms with Gasteiger partial charge in [-0.1, -0.05) is 22.0 Å². The lowest BCUT2D eigenvalue weighted by Crippen LogP contribution is -2.37. The molecule has 0 unspecified atom stereocenters. The minimum absolute atomic E-state index is 0.589. The summed E-state index contributed by atoms with van der Waals surface area (Å²) in [7, 11) is 0. The molecule has 2 rings (SSSR count). The minimum Gasteiger partial charge on any atom is -0.492 e. The van der Waals surface area contributed by atoms with Gasteiger partial charge in [-0.3, -0.25) is 0 Å². The molecule has 1 fully saturated rings. The molecule has 1 N–H and O–H groups in total. The topological polar surface area (TPSA) is 30.5 Å². The van der Waals surface area contributed by atoms with Gasteiger partial charge in [0, 0.05) is 30.3 Å². The maximum atomic E-state index is 5.78. The molecule has 3 nitrogen and oxygen atoms in total. The van der Waals surface area contributed by atoms with E-state index >= 15 is 0 Å². The highest BCUT2D eigenvalue weighted by atomic mass is 79.9. The van der Waals surface area contributed by atoms with Gasteiger partial charge in [0.2, 0.25) is 0 Å². The Bertz CT molecular complexity index is 378. The molecule has 4 heteroatoms. The first-order valence-corrected chi connectivity index (χ1v) is 7.25. The quantitative estimate of drug-likeness (QED) is 0.848. The summed E-state index contributed by atoms with van der Waals surface area (Å²) in [6.07, 6.45) is 2.21. The summed E-state index contributed by atoms with van der Waals surface area (Å²) in [4.78, 5) is 0. The van der Waals surface area contributed by atoms with Crippen molar-refractivity contribution in [2.75, 3.05) is 26.4 Å². The highest BCUT2D eigenvalue weighted by Gasteiger charge is 2.12. The fraction of sp³-hybridized carbons (Fsp3) is 0.571. The van der Waals surface area contributed by atoms with E-state index in [-0.39, 0.29) is 0 Å². The largest absolute Gasteiger partial charge is 0.492 e. The monoisotopic (exact) mass is 313 g/mol. The second-order valence-corrected chi connectivity index (χ2v) is 5.51. The molecule has 1 aliphatic heterocycles. The number of halogens is 1. The Balaban J connectivity index is 1.69. The van der Waals surface area contributed by atoms with Gasteiger partial charge in [0.25, 0.3) is 0 Å². The summed E-state index contributed by atoms with van der Waals surface area (Å²) >= 11 is 3.46. The van der Waals surface area contributed by atoms with Crippen LogP contribution in [0.1, 0.15) is 18.4 Å². The number of nitrogens with one attached hydrogen (secondary N) is 1. The molecule has 1 aromatic carbocycles. The van der Waals surface area contributed by atoms with E-state index in [1.807, 2.05) is 12.1 Å². The van der Waals surface area contributed by atoms with E-state index in [1.54, 1.807) is 0 Å². The van der Waals surface area contributed by atoms with Gasteiger partial charge in [-0.2, -0.15) is 0 Å². The fourth-order valence-corrected chi connectivity index (χ4v) is 2.40. The van der Waals surface area contributed by atoms with Gasteiger partial charge in [-0.05, 0) is 37.5 Å². The van der Waals surface area contributed by atoms with Crippen LogP contribution in [0.3, 0.4) is 0 Å². The highest BCUT2D eigenvalue weighted by Crippen LogP contribution is 2.22. The molecule has 0 spiro atoms. The molecule has 1 aromatic rings. The van der Waals surface area contributed by atoms with Crippen LogP contribution in [0.5, 0.6) is 5.75 Å². The first-order valence-electron chi connectivity index (χ1n) is 6.46. The number of ether oxygens (including phenoxy) is 2. The van der Waals surface area contributed by atoms with Crippen LogP contribution >= 0.6 is 15.9 Å². The minimum atomic E-state index is 0.589. The molecule has 1 aliphatic rings. The molecule has 18 heavy (non-hydrogen) atoms. The van der Waals surface area contributed by atoms with Crippen molar-refractivity contribution < 1.29 is 9.47 Å². The predicted octanol–water partition coefficient (Wildman–Crippen LogP) is 2.90. The average Bonchev–Trinajstić information content (AvgIpc) is 2.40. The first-order chi connectivity index (χ1) is 8.75. The first kappa shape index (κ1) is 13.8. The standard InChI is InChI=1S/C14H20BrNO2/c1-11-2-3-12(15)10-14(11)18-9-6-16-13-4-7-17-8-5-13/h2-3,10,13,16H,4-9H2,1H3. The zero-order valence-electron chi connectivity index (χ0n) is 10.7. The molecule has 1 heterocycles. The molecule has 0 radical (unpaired) electrons. The van der Waals surface area contributed by atoms with Crippen LogP contribution in [0.4, 0.5) is 0 Å². The molecular weight excluding hydrogens is 294 g/mol. The Morgan fingerprint density at radius 2 is 2.17 bits per heavy atom. The van der Waals surface area contributed by atoms with Crippen molar-refractivity contribution in [3.63, 3.8) is 0 Å². The second kappa shape index (κ2) is 7.12. The van der Waals surface area contributed by atoms with E-state index in [2.05, 4.69) is 34.2 Å². The molecule has 0 saturated carbocycles. The maximum Gasteiger partial charge on any atom is 0.123 e. The Kier molecular flexibility index (Phi) is 5.47. The molecule has 0 bridgehead atoms. The van der Waals surface area contributed by atoms with Crippen molar-refractivity contribution in [3.05, 3.63) is 28.2 Å². The summed E-state index contributed by atoms with van der Waals surface area (Å²) in [5.41, 5.74) is 1.17. The summed E-state index contributed by atoms with van der Waals surface area (Å²) < 4.78 is 12.2. The Morgan fingerprint density at radius 3 is 2.94 bits per heavy atom. The van der Waals surface area contributed by atoms with Crippen molar-refractivity contribution >= 4 is 15.9 Å². The SMILES string of the molecule is Cc1ccc(Br)cc1OCCNC1CCOCC1. The molecular formula is C14H20BrNO2. The van der Waals surface area contributed by atoms with Gasteiger partial charge in [-0.25, -0.2) is 0 Å². The third-order valence-corrected chi connectivity index (χ3v) is 3.66. The highest BCUT2D eigenvalue weighted by molar-refractivity contribution is 9.10. The normalized spacial score (nSPS) is 16.8. The van der Waals surface area contributed by atoms with Crippen LogP contribution in [0.15, 0.2) is 22.7 Å². The van der Waals surface area contributed by atoms with Gasteiger partial charge in [0.15, 0.2) is 0 Å². The number of aryl methyl sites for hydroxylation is 1. The number of benzene rings is 1. The third kappa shape index (κ3) is 4.26. The van der Waals surface area contributed by atoms with Crippen LogP contribution in [0.25, 0.3) is 0 Å².